The van der Waals surface area contributed by atoms with Gasteiger partial charge in [0.15, 0.2) is 0 Å². The van der Waals surface area contributed by atoms with Crippen LogP contribution in [0.4, 0.5) is 5.69 Å². The maximum Gasteiger partial charge on any atom is 0.0459 e. The first kappa shape index (κ1) is 9.50. The van der Waals surface area contributed by atoms with Gasteiger partial charge in [0, 0.05) is 17.1 Å². The van der Waals surface area contributed by atoms with Crippen LogP contribution in [0.1, 0.15) is 48.7 Å². The van der Waals surface area contributed by atoms with Gasteiger partial charge in [-0.1, -0.05) is 13.8 Å². The van der Waals surface area contributed by atoms with E-state index in [2.05, 4.69) is 25.8 Å². The molecule has 1 heterocycles. The predicted octanol–water partition coefficient (Wildman–Crippen LogP) is 2.58. The lowest BCUT2D eigenvalue weighted by Crippen LogP contribution is -2.07. The highest BCUT2D eigenvalue weighted by Crippen LogP contribution is 2.33. The summed E-state index contributed by atoms with van der Waals surface area (Å²) < 4.78 is 0. The quantitative estimate of drug-likeness (QED) is 0.739. The molecular formula is C12H18N2. The third-order valence-corrected chi connectivity index (χ3v) is 3.07. The van der Waals surface area contributed by atoms with Crippen LogP contribution in [-0.4, -0.2) is 4.98 Å². The Morgan fingerprint density at radius 1 is 1.29 bits per heavy atom. The number of nitrogens with zero attached hydrogens (tertiary/aromatic N) is 1. The van der Waals surface area contributed by atoms with Gasteiger partial charge in [-0.05, 0) is 43.2 Å². The van der Waals surface area contributed by atoms with E-state index in [1.54, 1.807) is 0 Å². The van der Waals surface area contributed by atoms with Crippen molar-refractivity contribution in [3.05, 3.63) is 22.5 Å². The van der Waals surface area contributed by atoms with Crippen LogP contribution in [0.15, 0.2) is 0 Å². The number of aryl methyl sites for hydroxylation is 2. The molecular weight excluding hydrogens is 172 g/mol. The van der Waals surface area contributed by atoms with Gasteiger partial charge in [-0.2, -0.15) is 0 Å². The van der Waals surface area contributed by atoms with Crippen LogP contribution in [0.2, 0.25) is 0 Å². The molecule has 76 valence electrons. The third-order valence-electron chi connectivity index (χ3n) is 3.07. The highest BCUT2D eigenvalue weighted by Gasteiger charge is 2.20. The normalized spacial score (nSPS) is 14.9. The van der Waals surface area contributed by atoms with Crippen LogP contribution < -0.4 is 5.73 Å². The molecule has 0 saturated carbocycles. The average Bonchev–Trinajstić information content (AvgIpc) is 2.50. The van der Waals surface area contributed by atoms with Crippen LogP contribution in [0.3, 0.4) is 0 Å². The van der Waals surface area contributed by atoms with E-state index < -0.39 is 0 Å². The Kier molecular flexibility index (Phi) is 2.22. The van der Waals surface area contributed by atoms with Crippen molar-refractivity contribution in [2.24, 2.45) is 0 Å². The van der Waals surface area contributed by atoms with E-state index in [4.69, 9.17) is 5.73 Å². The molecule has 0 saturated heterocycles. The number of nitrogens with two attached hydrogens (primary N) is 1. The highest BCUT2D eigenvalue weighted by atomic mass is 14.8. The van der Waals surface area contributed by atoms with Gasteiger partial charge in [0.25, 0.3) is 0 Å². The molecule has 0 atom stereocenters. The number of hydrogen-bond acceptors (Lipinski definition) is 2. The number of hydrogen-bond donors (Lipinski definition) is 1. The zero-order valence-corrected chi connectivity index (χ0v) is 9.22. The molecule has 0 amide bonds. The van der Waals surface area contributed by atoms with Crippen molar-refractivity contribution in [2.45, 2.75) is 46.0 Å². The van der Waals surface area contributed by atoms with Crippen molar-refractivity contribution < 1.29 is 0 Å². The topological polar surface area (TPSA) is 38.9 Å². The summed E-state index contributed by atoms with van der Waals surface area (Å²) in [5, 5.41) is 0. The molecule has 0 fully saturated rings. The van der Waals surface area contributed by atoms with Crippen LogP contribution in [0, 0.1) is 6.92 Å². The summed E-state index contributed by atoms with van der Waals surface area (Å²) in [6.07, 6.45) is 3.44. The van der Waals surface area contributed by atoms with E-state index in [-0.39, 0.29) is 0 Å². The molecule has 0 bridgehead atoms. The maximum atomic E-state index is 6.20. The SMILES string of the molecule is Cc1nc2c(c(N)c1C(C)C)CCC2. The van der Waals surface area contributed by atoms with E-state index in [1.807, 2.05) is 0 Å². The van der Waals surface area contributed by atoms with Crippen molar-refractivity contribution >= 4 is 5.69 Å². The second kappa shape index (κ2) is 3.26. The number of nitrogen functional groups attached to an aromatic ring is 1. The third kappa shape index (κ3) is 1.29. The molecule has 1 aliphatic rings. The smallest absolute Gasteiger partial charge is 0.0459 e. The highest BCUT2D eigenvalue weighted by molar-refractivity contribution is 5.59. The van der Waals surface area contributed by atoms with Crippen LogP contribution in [0.25, 0.3) is 0 Å². The number of pyridine rings is 1. The first-order valence-electron chi connectivity index (χ1n) is 5.39. The van der Waals surface area contributed by atoms with Gasteiger partial charge in [0.1, 0.15) is 0 Å². The van der Waals surface area contributed by atoms with E-state index in [0.717, 1.165) is 24.2 Å². The molecule has 2 heteroatoms. The monoisotopic (exact) mass is 190 g/mol. The van der Waals surface area contributed by atoms with Gasteiger partial charge in [-0.3, -0.25) is 4.98 Å². The van der Waals surface area contributed by atoms with Crippen LogP contribution in [-0.2, 0) is 12.8 Å². The van der Waals surface area contributed by atoms with Gasteiger partial charge in [0.05, 0.1) is 0 Å². The predicted molar refractivity (Wildman–Crippen MR) is 59.5 cm³/mol. The number of aromatic nitrogens is 1. The lowest BCUT2D eigenvalue weighted by Gasteiger charge is -2.15. The first-order valence-corrected chi connectivity index (χ1v) is 5.39. The minimum Gasteiger partial charge on any atom is -0.398 e. The minimum absolute atomic E-state index is 0.480. The zero-order chi connectivity index (χ0) is 10.3. The average molecular weight is 190 g/mol. The Bertz CT molecular complexity index is 367. The second-order valence-electron chi connectivity index (χ2n) is 4.46. The maximum absolute atomic E-state index is 6.20. The number of rotatable bonds is 1. The lowest BCUT2D eigenvalue weighted by molar-refractivity contribution is 0.838. The Hall–Kier alpha value is -1.05. The van der Waals surface area contributed by atoms with Crippen LogP contribution >= 0.6 is 0 Å². The van der Waals surface area contributed by atoms with Gasteiger partial charge in [-0.15, -0.1) is 0 Å². The van der Waals surface area contributed by atoms with E-state index >= 15 is 0 Å². The van der Waals surface area contributed by atoms with Gasteiger partial charge >= 0.3 is 0 Å². The Balaban J connectivity index is 2.62. The molecule has 1 aliphatic carbocycles. The van der Waals surface area contributed by atoms with Crippen molar-refractivity contribution in [1.29, 1.82) is 0 Å². The van der Waals surface area contributed by atoms with E-state index in [1.165, 1.54) is 23.2 Å². The standard InChI is InChI=1S/C12H18N2/c1-7(2)11-8(3)14-10-6-4-5-9(10)12(11)13/h7H,4-6H2,1-3H3,(H2,13,14). The largest absolute Gasteiger partial charge is 0.398 e. The zero-order valence-electron chi connectivity index (χ0n) is 9.22. The molecule has 1 aromatic heterocycles. The molecule has 0 spiro atoms. The summed E-state index contributed by atoms with van der Waals surface area (Å²) >= 11 is 0. The van der Waals surface area contributed by atoms with Gasteiger partial charge in [0.2, 0.25) is 0 Å². The molecule has 0 unspecified atom stereocenters. The molecule has 0 radical (unpaired) electrons. The summed E-state index contributed by atoms with van der Waals surface area (Å²) in [6, 6.07) is 0. The molecule has 1 aromatic rings. The van der Waals surface area contributed by atoms with Crippen molar-refractivity contribution in [3.8, 4) is 0 Å². The van der Waals surface area contributed by atoms with Crippen LogP contribution in [0.5, 0.6) is 0 Å². The summed E-state index contributed by atoms with van der Waals surface area (Å²) in [7, 11) is 0. The Labute approximate surface area is 85.5 Å². The van der Waals surface area contributed by atoms with E-state index in [0.29, 0.717) is 5.92 Å². The van der Waals surface area contributed by atoms with E-state index in [9.17, 15) is 0 Å². The number of fused-ring (bicyclic) bond motifs is 1. The van der Waals surface area contributed by atoms with Crippen molar-refractivity contribution in [3.63, 3.8) is 0 Å². The van der Waals surface area contributed by atoms with Gasteiger partial charge in [-0.25, -0.2) is 0 Å². The molecule has 0 aromatic carbocycles. The second-order valence-corrected chi connectivity index (χ2v) is 4.46. The molecule has 14 heavy (non-hydrogen) atoms. The fourth-order valence-corrected chi connectivity index (χ4v) is 2.49. The summed E-state index contributed by atoms with van der Waals surface area (Å²) in [4.78, 5) is 4.66. The van der Waals surface area contributed by atoms with Crippen molar-refractivity contribution in [2.75, 3.05) is 5.73 Å². The van der Waals surface area contributed by atoms with Crippen molar-refractivity contribution in [1.82, 2.24) is 4.98 Å². The minimum atomic E-state index is 0.480. The fourth-order valence-electron chi connectivity index (χ4n) is 2.49. The summed E-state index contributed by atoms with van der Waals surface area (Å²) in [6.45, 7) is 6.44. The summed E-state index contributed by atoms with van der Waals surface area (Å²) in [5.74, 6) is 0.480. The molecule has 2 N–H and O–H groups in total. The summed E-state index contributed by atoms with van der Waals surface area (Å²) in [5.41, 5.74) is 12.1. The lowest BCUT2D eigenvalue weighted by atomic mass is 9.96. The number of anilines is 1. The molecule has 2 rings (SSSR count). The van der Waals surface area contributed by atoms with Gasteiger partial charge < -0.3 is 5.73 Å². The Morgan fingerprint density at radius 2 is 2.00 bits per heavy atom. The Morgan fingerprint density at radius 3 is 2.64 bits per heavy atom. The first-order chi connectivity index (χ1) is 6.61. The molecule has 0 aliphatic heterocycles. The fraction of sp³-hybridized carbons (Fsp3) is 0.583. The molecule has 2 nitrogen and oxygen atoms in total.